The third-order valence-electron chi connectivity index (χ3n) is 5.93. The summed E-state index contributed by atoms with van der Waals surface area (Å²) in [5.74, 6) is -0.505. The van der Waals surface area contributed by atoms with Crippen LogP contribution < -0.4 is 10.0 Å². The predicted molar refractivity (Wildman–Crippen MR) is 109 cm³/mol. The zero-order valence-electron chi connectivity index (χ0n) is 16.2. The lowest BCUT2D eigenvalue weighted by atomic mass is 9.78. The number of benzene rings is 2. The van der Waals surface area contributed by atoms with Gasteiger partial charge in [-0.25, -0.2) is 17.5 Å². The number of sulfonamides is 1. The Labute approximate surface area is 170 Å². The van der Waals surface area contributed by atoms with Crippen LogP contribution in [-0.4, -0.2) is 26.9 Å². The molecule has 0 saturated heterocycles. The fraction of sp³-hybridized carbons (Fsp3) is 0.409. The predicted octanol–water partition coefficient (Wildman–Crippen LogP) is 3.51. The molecule has 154 valence electrons. The molecule has 0 radical (unpaired) electrons. The fourth-order valence-electron chi connectivity index (χ4n) is 4.05. The summed E-state index contributed by atoms with van der Waals surface area (Å²) in [6, 6.07) is 12.6. The number of halogens is 1. The van der Waals surface area contributed by atoms with Crippen LogP contribution in [0.5, 0.6) is 0 Å². The molecule has 2 aromatic rings. The van der Waals surface area contributed by atoms with E-state index in [-0.39, 0.29) is 28.1 Å². The number of nitrogens with one attached hydrogen (secondary N) is 2. The summed E-state index contributed by atoms with van der Waals surface area (Å²) in [5, 5.41) is 3.00. The maximum atomic E-state index is 13.3. The molecule has 2 fully saturated rings. The summed E-state index contributed by atoms with van der Waals surface area (Å²) in [5.41, 5.74) is 1.28. The van der Waals surface area contributed by atoms with E-state index >= 15 is 0 Å². The van der Waals surface area contributed by atoms with E-state index in [1.54, 1.807) is 12.1 Å². The van der Waals surface area contributed by atoms with E-state index in [0.717, 1.165) is 44.1 Å². The van der Waals surface area contributed by atoms with Crippen LogP contribution in [0, 0.1) is 5.82 Å². The maximum absolute atomic E-state index is 13.3. The normalized spacial score (nSPS) is 18.5. The van der Waals surface area contributed by atoms with Gasteiger partial charge in [0.2, 0.25) is 10.0 Å². The van der Waals surface area contributed by atoms with Crippen molar-refractivity contribution in [2.75, 3.05) is 6.54 Å². The molecule has 2 aromatic carbocycles. The van der Waals surface area contributed by atoms with Gasteiger partial charge in [0.25, 0.3) is 5.91 Å². The molecule has 0 spiro atoms. The molecular weight excluding hydrogens is 391 g/mol. The Hall–Kier alpha value is -2.25. The molecule has 2 N–H and O–H groups in total. The molecule has 0 unspecified atom stereocenters. The van der Waals surface area contributed by atoms with Crippen molar-refractivity contribution in [2.45, 2.75) is 54.9 Å². The molecule has 0 heterocycles. The highest BCUT2D eigenvalue weighted by Gasteiger charge is 2.36. The molecular formula is C22H25FN2O3S. The average molecular weight is 417 g/mol. The second-order valence-electron chi connectivity index (χ2n) is 8.10. The molecule has 0 aliphatic heterocycles. The van der Waals surface area contributed by atoms with E-state index < -0.39 is 10.0 Å². The molecule has 0 atom stereocenters. The highest BCUT2D eigenvalue weighted by atomic mass is 32.2. The first kappa shape index (κ1) is 20.0. The van der Waals surface area contributed by atoms with Gasteiger partial charge in [0, 0.05) is 23.6 Å². The minimum atomic E-state index is -3.53. The zero-order chi connectivity index (χ0) is 20.5. The van der Waals surface area contributed by atoms with Gasteiger partial charge < -0.3 is 5.32 Å². The lowest BCUT2D eigenvalue weighted by Gasteiger charge is -2.30. The minimum absolute atomic E-state index is 0.0389. The molecule has 2 aliphatic carbocycles. The first-order chi connectivity index (χ1) is 13.9. The van der Waals surface area contributed by atoms with Crippen LogP contribution >= 0.6 is 0 Å². The van der Waals surface area contributed by atoms with Crippen LogP contribution in [0.3, 0.4) is 0 Å². The first-order valence-corrected chi connectivity index (χ1v) is 11.5. The topological polar surface area (TPSA) is 75.3 Å². The van der Waals surface area contributed by atoms with Gasteiger partial charge in [-0.1, -0.05) is 25.0 Å². The van der Waals surface area contributed by atoms with Crippen LogP contribution in [0.4, 0.5) is 4.39 Å². The summed E-state index contributed by atoms with van der Waals surface area (Å²) < 4.78 is 40.4. The Morgan fingerprint density at radius 1 is 1.00 bits per heavy atom. The van der Waals surface area contributed by atoms with Crippen LogP contribution in [0.25, 0.3) is 0 Å². The highest BCUT2D eigenvalue weighted by molar-refractivity contribution is 7.89. The van der Waals surface area contributed by atoms with Crippen molar-refractivity contribution in [2.24, 2.45) is 0 Å². The molecule has 1 amide bonds. The van der Waals surface area contributed by atoms with Gasteiger partial charge in [-0.15, -0.1) is 0 Å². The monoisotopic (exact) mass is 416 g/mol. The SMILES string of the molecule is O=C(NCC1(c2ccc(F)cc2)CCCC1)c1ccc(S(=O)(=O)NC2CC2)cc1. The molecule has 4 rings (SSSR count). The van der Waals surface area contributed by atoms with E-state index in [4.69, 9.17) is 0 Å². The largest absolute Gasteiger partial charge is 0.351 e. The van der Waals surface area contributed by atoms with E-state index in [2.05, 4.69) is 10.0 Å². The number of carbonyl (C=O) groups excluding carboxylic acids is 1. The molecule has 5 nitrogen and oxygen atoms in total. The van der Waals surface area contributed by atoms with E-state index in [1.165, 1.54) is 36.4 Å². The lowest BCUT2D eigenvalue weighted by molar-refractivity contribution is 0.0943. The molecule has 2 aliphatic rings. The van der Waals surface area contributed by atoms with E-state index in [0.29, 0.717) is 12.1 Å². The quantitative estimate of drug-likeness (QED) is 0.725. The van der Waals surface area contributed by atoms with Crippen molar-refractivity contribution in [1.82, 2.24) is 10.0 Å². The molecule has 2 saturated carbocycles. The van der Waals surface area contributed by atoms with Crippen molar-refractivity contribution in [3.05, 3.63) is 65.5 Å². The third-order valence-corrected chi connectivity index (χ3v) is 7.47. The number of carbonyl (C=O) groups is 1. The Morgan fingerprint density at radius 2 is 1.62 bits per heavy atom. The summed E-state index contributed by atoms with van der Waals surface area (Å²) in [4.78, 5) is 12.8. The average Bonchev–Trinajstić information content (AvgIpc) is 3.39. The summed E-state index contributed by atoms with van der Waals surface area (Å²) >= 11 is 0. The second kappa shape index (κ2) is 7.88. The van der Waals surface area contributed by atoms with Crippen molar-refractivity contribution in [3.63, 3.8) is 0 Å². The second-order valence-corrected chi connectivity index (χ2v) is 9.81. The smallest absolute Gasteiger partial charge is 0.251 e. The minimum Gasteiger partial charge on any atom is -0.351 e. The van der Waals surface area contributed by atoms with Crippen LogP contribution in [-0.2, 0) is 15.4 Å². The Kier molecular flexibility index (Phi) is 5.44. The molecule has 0 bridgehead atoms. The number of rotatable bonds is 7. The van der Waals surface area contributed by atoms with Crippen molar-refractivity contribution in [3.8, 4) is 0 Å². The van der Waals surface area contributed by atoms with Crippen molar-refractivity contribution < 1.29 is 17.6 Å². The van der Waals surface area contributed by atoms with Crippen molar-refractivity contribution >= 4 is 15.9 Å². The van der Waals surface area contributed by atoms with Crippen LogP contribution in [0.1, 0.15) is 54.4 Å². The Balaban J connectivity index is 1.43. The van der Waals surface area contributed by atoms with E-state index in [1.807, 2.05) is 0 Å². The molecule has 7 heteroatoms. The van der Waals surface area contributed by atoms with Gasteiger partial charge in [0.15, 0.2) is 0 Å². The standard InChI is InChI=1S/C22H25FN2O3S/c23-18-7-5-17(6-8-18)22(13-1-2-14-22)15-24-21(26)16-3-11-20(12-4-16)29(27,28)25-19-9-10-19/h3-8,11-12,19,25H,1-2,9-10,13-15H2,(H,24,26). The number of hydrogen-bond acceptors (Lipinski definition) is 3. The first-order valence-electron chi connectivity index (χ1n) is 10.0. The highest BCUT2D eigenvalue weighted by Crippen LogP contribution is 2.40. The number of hydrogen-bond donors (Lipinski definition) is 2. The van der Waals surface area contributed by atoms with Crippen LogP contribution in [0.2, 0.25) is 0 Å². The molecule has 0 aromatic heterocycles. The third kappa shape index (κ3) is 4.51. The van der Waals surface area contributed by atoms with Gasteiger partial charge in [-0.2, -0.15) is 0 Å². The van der Waals surface area contributed by atoms with Gasteiger partial charge in [-0.3, -0.25) is 4.79 Å². The fourth-order valence-corrected chi connectivity index (χ4v) is 5.35. The lowest BCUT2D eigenvalue weighted by Crippen LogP contribution is -2.39. The van der Waals surface area contributed by atoms with Gasteiger partial charge in [-0.05, 0) is 67.6 Å². The van der Waals surface area contributed by atoms with Crippen LogP contribution in [0.15, 0.2) is 53.4 Å². The summed E-state index contributed by atoms with van der Waals surface area (Å²) in [7, 11) is -3.53. The van der Waals surface area contributed by atoms with E-state index in [9.17, 15) is 17.6 Å². The summed E-state index contributed by atoms with van der Waals surface area (Å²) in [6.45, 7) is 0.473. The maximum Gasteiger partial charge on any atom is 0.251 e. The Bertz CT molecular complexity index is 978. The van der Waals surface area contributed by atoms with Gasteiger partial charge in [0.1, 0.15) is 5.82 Å². The number of amides is 1. The van der Waals surface area contributed by atoms with Gasteiger partial charge >= 0.3 is 0 Å². The van der Waals surface area contributed by atoms with Crippen molar-refractivity contribution in [1.29, 1.82) is 0 Å². The zero-order valence-corrected chi connectivity index (χ0v) is 17.0. The van der Waals surface area contributed by atoms with Gasteiger partial charge in [0.05, 0.1) is 4.90 Å². The Morgan fingerprint density at radius 3 is 2.21 bits per heavy atom. The summed E-state index contributed by atoms with van der Waals surface area (Å²) in [6.07, 6.45) is 5.79. The molecule has 29 heavy (non-hydrogen) atoms.